The maximum absolute atomic E-state index is 10.2. The number of rotatable bonds is 4. The Morgan fingerprint density at radius 2 is 2.38 bits per heavy atom. The van der Waals surface area contributed by atoms with Crippen LogP contribution in [0.2, 0.25) is 0 Å². The van der Waals surface area contributed by atoms with Crippen LogP contribution >= 0.6 is 0 Å². The molecule has 0 fully saturated rings. The summed E-state index contributed by atoms with van der Waals surface area (Å²) in [5, 5.41) is 14.0. The summed E-state index contributed by atoms with van der Waals surface area (Å²) in [6.07, 6.45) is 3.46. The number of aromatic nitrogens is 2. The van der Waals surface area contributed by atoms with Crippen molar-refractivity contribution in [3.8, 4) is 0 Å². The van der Waals surface area contributed by atoms with Crippen molar-refractivity contribution >= 4 is 18.3 Å². The van der Waals surface area contributed by atoms with Gasteiger partial charge in [0.1, 0.15) is 12.4 Å². The second-order valence-electron chi connectivity index (χ2n) is 2.28. The second-order valence-corrected chi connectivity index (χ2v) is 2.68. The fraction of sp³-hybridized carbons (Fsp3) is 0.500. The van der Waals surface area contributed by atoms with Crippen LogP contribution in [0.3, 0.4) is 0 Å². The van der Waals surface area contributed by atoms with E-state index >= 15 is 0 Å². The fourth-order valence-electron chi connectivity index (χ4n) is 0.796. The standard InChI is InChI=1S/C6H9N3O2S.Pd/c10-9(11)6-4-7-8(5-6)2-1-3-12;/h4-5,12H,1-3H2;/p-1. The molecule has 0 aliphatic heterocycles. The normalized spacial score (nSPS) is 9.31. The van der Waals surface area contributed by atoms with Crippen LogP contribution in [0.25, 0.3) is 0 Å². The summed E-state index contributed by atoms with van der Waals surface area (Å²) in [6, 6.07) is 0. The summed E-state index contributed by atoms with van der Waals surface area (Å²) in [6.45, 7) is 0.650. The SMILES string of the molecule is O=[N+]([O-])c1cnn(CCC[S-])c1.[Pd]. The number of nitro groups is 1. The summed E-state index contributed by atoms with van der Waals surface area (Å²) < 4.78 is 1.53. The van der Waals surface area contributed by atoms with Crippen molar-refractivity contribution in [2.45, 2.75) is 13.0 Å². The molecule has 0 spiro atoms. The summed E-state index contributed by atoms with van der Waals surface area (Å²) in [7, 11) is 0. The van der Waals surface area contributed by atoms with Gasteiger partial charge in [-0.2, -0.15) is 10.9 Å². The Morgan fingerprint density at radius 1 is 1.69 bits per heavy atom. The number of hydrogen-bond acceptors (Lipinski definition) is 4. The number of nitrogens with zero attached hydrogens (tertiary/aromatic N) is 3. The van der Waals surface area contributed by atoms with E-state index in [1.54, 1.807) is 0 Å². The molecule has 5 nitrogen and oxygen atoms in total. The van der Waals surface area contributed by atoms with Gasteiger partial charge in [0.2, 0.25) is 0 Å². The van der Waals surface area contributed by atoms with E-state index in [-0.39, 0.29) is 26.1 Å². The molecular formula is C6H8N3O2PdS-. The fourth-order valence-corrected chi connectivity index (χ4v) is 0.925. The van der Waals surface area contributed by atoms with E-state index in [1.165, 1.54) is 17.1 Å². The zero-order chi connectivity index (χ0) is 8.97. The molecule has 0 bridgehead atoms. The molecule has 1 aromatic rings. The zero-order valence-corrected chi connectivity index (χ0v) is 9.03. The smallest absolute Gasteiger partial charge is 0.306 e. The number of hydrogen-bond donors (Lipinski definition) is 0. The van der Waals surface area contributed by atoms with Gasteiger partial charge in [0.15, 0.2) is 0 Å². The third-order valence-corrected chi connectivity index (χ3v) is 1.65. The van der Waals surface area contributed by atoms with Crippen molar-refractivity contribution in [2.24, 2.45) is 0 Å². The van der Waals surface area contributed by atoms with Crippen molar-refractivity contribution in [2.75, 3.05) is 5.75 Å². The first-order valence-electron chi connectivity index (χ1n) is 3.49. The van der Waals surface area contributed by atoms with Gasteiger partial charge in [-0.15, -0.1) is 0 Å². The van der Waals surface area contributed by atoms with E-state index in [0.29, 0.717) is 12.3 Å². The molecule has 76 valence electrons. The topological polar surface area (TPSA) is 61.0 Å². The van der Waals surface area contributed by atoms with E-state index in [4.69, 9.17) is 12.6 Å². The molecule has 0 unspecified atom stereocenters. The van der Waals surface area contributed by atoms with Crippen molar-refractivity contribution in [3.63, 3.8) is 0 Å². The van der Waals surface area contributed by atoms with Gasteiger partial charge >= 0.3 is 5.69 Å². The summed E-state index contributed by atoms with van der Waals surface area (Å²) >= 11 is 4.73. The van der Waals surface area contributed by atoms with Gasteiger partial charge in [0.25, 0.3) is 0 Å². The van der Waals surface area contributed by atoms with Gasteiger partial charge in [-0.25, -0.2) is 0 Å². The minimum absolute atomic E-state index is 0. The van der Waals surface area contributed by atoms with Crippen LogP contribution < -0.4 is 0 Å². The first-order valence-corrected chi connectivity index (χ1v) is 4.06. The first-order chi connectivity index (χ1) is 5.74. The Kier molecular flexibility index (Phi) is 5.96. The first kappa shape index (κ1) is 12.6. The molecule has 0 radical (unpaired) electrons. The average Bonchev–Trinajstić information content (AvgIpc) is 2.48. The van der Waals surface area contributed by atoms with E-state index < -0.39 is 4.92 Å². The van der Waals surface area contributed by atoms with Gasteiger partial charge in [-0.3, -0.25) is 14.8 Å². The minimum Gasteiger partial charge on any atom is -0.793 e. The van der Waals surface area contributed by atoms with E-state index in [2.05, 4.69) is 5.10 Å². The molecule has 0 aliphatic carbocycles. The molecule has 0 atom stereocenters. The van der Waals surface area contributed by atoms with Gasteiger partial charge in [-0.1, -0.05) is 6.42 Å². The average molecular weight is 293 g/mol. The summed E-state index contributed by atoms with van der Waals surface area (Å²) in [4.78, 5) is 9.76. The minimum atomic E-state index is -0.461. The summed E-state index contributed by atoms with van der Waals surface area (Å²) in [5.41, 5.74) is 0.0272. The van der Waals surface area contributed by atoms with Gasteiger partial charge in [0, 0.05) is 27.0 Å². The number of aryl methyl sites for hydroxylation is 1. The van der Waals surface area contributed by atoms with Crippen molar-refractivity contribution < 1.29 is 25.3 Å². The van der Waals surface area contributed by atoms with Crippen molar-refractivity contribution in [3.05, 3.63) is 22.5 Å². The predicted molar refractivity (Wildman–Crippen MR) is 45.7 cm³/mol. The van der Waals surface area contributed by atoms with Crippen molar-refractivity contribution in [1.29, 1.82) is 0 Å². The maximum atomic E-state index is 10.2. The van der Waals surface area contributed by atoms with Crippen LogP contribution in [-0.2, 0) is 39.6 Å². The Hall–Kier alpha value is -0.378. The molecule has 1 aromatic heterocycles. The van der Waals surface area contributed by atoms with E-state index in [0.717, 1.165) is 6.42 Å². The molecule has 0 saturated carbocycles. The summed E-state index contributed by atoms with van der Waals surface area (Å²) in [5.74, 6) is 0.646. The van der Waals surface area contributed by atoms with Crippen LogP contribution in [0.1, 0.15) is 6.42 Å². The maximum Gasteiger partial charge on any atom is 0.306 e. The van der Waals surface area contributed by atoms with Crippen LogP contribution in [0, 0.1) is 10.1 Å². The Morgan fingerprint density at radius 3 is 2.85 bits per heavy atom. The van der Waals surface area contributed by atoms with Crippen LogP contribution in [0.4, 0.5) is 5.69 Å². The second kappa shape index (κ2) is 6.13. The molecule has 1 heterocycles. The molecular weight excluding hydrogens is 285 g/mol. The molecule has 0 aromatic carbocycles. The Balaban J connectivity index is 0.00000144. The van der Waals surface area contributed by atoms with E-state index in [9.17, 15) is 10.1 Å². The molecule has 0 amide bonds. The molecule has 0 N–H and O–H groups in total. The van der Waals surface area contributed by atoms with E-state index in [1.807, 2.05) is 0 Å². The Labute approximate surface area is 94.7 Å². The largest absolute Gasteiger partial charge is 0.793 e. The van der Waals surface area contributed by atoms with Crippen LogP contribution in [-0.4, -0.2) is 20.5 Å². The van der Waals surface area contributed by atoms with Crippen LogP contribution in [0.15, 0.2) is 12.4 Å². The monoisotopic (exact) mass is 292 g/mol. The molecule has 1 rings (SSSR count). The molecule has 13 heavy (non-hydrogen) atoms. The third kappa shape index (κ3) is 3.89. The third-order valence-electron chi connectivity index (χ3n) is 1.36. The quantitative estimate of drug-likeness (QED) is 0.355. The van der Waals surface area contributed by atoms with Gasteiger partial charge in [0.05, 0.1) is 4.92 Å². The van der Waals surface area contributed by atoms with Gasteiger partial charge < -0.3 is 12.6 Å². The molecule has 0 aliphatic rings. The van der Waals surface area contributed by atoms with Crippen molar-refractivity contribution in [1.82, 2.24) is 9.78 Å². The van der Waals surface area contributed by atoms with Crippen LogP contribution in [0.5, 0.6) is 0 Å². The zero-order valence-electron chi connectivity index (χ0n) is 6.66. The Bertz CT molecular complexity index is 279. The van der Waals surface area contributed by atoms with Gasteiger partial charge in [-0.05, 0) is 0 Å². The molecule has 0 saturated heterocycles. The molecule has 7 heteroatoms. The predicted octanol–water partition coefficient (Wildman–Crippen LogP) is 0.726.